The van der Waals surface area contributed by atoms with Crippen LogP contribution in [0.4, 0.5) is 5.69 Å². The second-order valence-corrected chi connectivity index (χ2v) is 5.65. The molecule has 1 rings (SSSR count). The summed E-state index contributed by atoms with van der Waals surface area (Å²) < 4.78 is 1.66. The summed E-state index contributed by atoms with van der Waals surface area (Å²) in [5.74, 6) is 0. The van der Waals surface area contributed by atoms with Crippen molar-refractivity contribution < 1.29 is 10.0 Å². The fraction of sp³-hybridized carbons (Fsp3) is 0.727. The number of aromatic nitrogens is 2. The van der Waals surface area contributed by atoms with E-state index in [-0.39, 0.29) is 10.9 Å². The second-order valence-electron chi connectivity index (χ2n) is 4.28. The van der Waals surface area contributed by atoms with Crippen LogP contribution in [0, 0.1) is 17.0 Å². The van der Waals surface area contributed by atoms with Gasteiger partial charge in [-0.05, 0) is 20.3 Å². The first-order valence-electron chi connectivity index (χ1n) is 5.95. The highest BCUT2D eigenvalue weighted by atomic mass is 32.2. The molecule has 0 amide bonds. The minimum atomic E-state index is -0.528. The highest BCUT2D eigenvalue weighted by Gasteiger charge is 2.27. The Balaban J connectivity index is 3.15. The molecule has 0 aliphatic heterocycles. The molecule has 2 unspecified atom stereocenters. The van der Waals surface area contributed by atoms with Crippen molar-refractivity contribution in [2.45, 2.75) is 57.0 Å². The summed E-state index contributed by atoms with van der Waals surface area (Å²) in [6.45, 7) is 7.80. The van der Waals surface area contributed by atoms with Crippen molar-refractivity contribution >= 4 is 17.4 Å². The molecule has 7 heteroatoms. The summed E-state index contributed by atoms with van der Waals surface area (Å²) in [6, 6.07) is 0. The number of aliphatic hydroxyl groups excluding tert-OH is 1. The Morgan fingerprint density at radius 3 is 2.61 bits per heavy atom. The van der Waals surface area contributed by atoms with Crippen LogP contribution in [-0.4, -0.2) is 31.2 Å². The number of aliphatic hydroxyl groups is 1. The number of nitrogens with zero attached hydrogens (tertiary/aromatic N) is 3. The molecule has 0 spiro atoms. The van der Waals surface area contributed by atoms with Crippen molar-refractivity contribution in [3.8, 4) is 0 Å². The molecule has 0 aliphatic carbocycles. The van der Waals surface area contributed by atoms with Crippen LogP contribution in [0.3, 0.4) is 0 Å². The van der Waals surface area contributed by atoms with E-state index in [4.69, 9.17) is 0 Å². The van der Waals surface area contributed by atoms with Crippen molar-refractivity contribution in [1.29, 1.82) is 0 Å². The van der Waals surface area contributed by atoms with Crippen molar-refractivity contribution in [2.75, 3.05) is 0 Å². The zero-order valence-corrected chi connectivity index (χ0v) is 11.9. The summed E-state index contributed by atoms with van der Waals surface area (Å²) in [6.07, 6.45) is 0.328. The smallest absolute Gasteiger partial charge is 0.323 e. The van der Waals surface area contributed by atoms with Crippen molar-refractivity contribution in [3.63, 3.8) is 0 Å². The molecule has 6 nitrogen and oxygen atoms in total. The SMILES string of the molecule is CCCn1nc(C)c([N+](=O)[O-])c1SC(C)C(C)O. The lowest BCUT2D eigenvalue weighted by Gasteiger charge is -2.14. The highest BCUT2D eigenvalue weighted by Crippen LogP contribution is 2.35. The molecule has 1 heterocycles. The maximum atomic E-state index is 11.1. The van der Waals surface area contributed by atoms with E-state index in [0.717, 1.165) is 6.42 Å². The Bertz CT molecular complexity index is 431. The average Bonchev–Trinajstić information content (AvgIpc) is 2.55. The second kappa shape index (κ2) is 6.19. The summed E-state index contributed by atoms with van der Waals surface area (Å²) in [5.41, 5.74) is 0.481. The molecule has 1 aromatic heterocycles. The van der Waals surface area contributed by atoms with Gasteiger partial charge in [0.2, 0.25) is 0 Å². The van der Waals surface area contributed by atoms with Crippen molar-refractivity contribution in [3.05, 3.63) is 15.8 Å². The predicted octanol–water partition coefficient (Wildman–Crippen LogP) is 2.37. The van der Waals surface area contributed by atoms with Crippen molar-refractivity contribution in [2.24, 2.45) is 0 Å². The maximum absolute atomic E-state index is 11.1. The molecule has 1 N–H and O–H groups in total. The van der Waals surface area contributed by atoms with Gasteiger partial charge in [-0.15, -0.1) is 0 Å². The van der Waals surface area contributed by atoms with Gasteiger partial charge in [-0.1, -0.05) is 25.6 Å². The Kier molecular flexibility index (Phi) is 5.15. The van der Waals surface area contributed by atoms with Crippen LogP contribution in [0.1, 0.15) is 32.9 Å². The van der Waals surface area contributed by atoms with Gasteiger partial charge in [0.05, 0.1) is 11.0 Å². The van der Waals surface area contributed by atoms with Crippen LogP contribution >= 0.6 is 11.8 Å². The van der Waals surface area contributed by atoms with Gasteiger partial charge in [-0.25, -0.2) is 0 Å². The molecular formula is C11H19N3O3S. The number of hydrogen-bond donors (Lipinski definition) is 1. The zero-order chi connectivity index (χ0) is 13.9. The molecule has 0 saturated heterocycles. The quantitative estimate of drug-likeness (QED) is 0.489. The first-order valence-corrected chi connectivity index (χ1v) is 6.83. The summed E-state index contributed by atoms with van der Waals surface area (Å²) in [5, 5.41) is 25.2. The zero-order valence-electron chi connectivity index (χ0n) is 11.1. The van der Waals surface area contributed by atoms with E-state index in [1.165, 1.54) is 11.8 Å². The van der Waals surface area contributed by atoms with Crippen LogP contribution in [-0.2, 0) is 6.54 Å². The molecule has 0 fully saturated rings. The Hall–Kier alpha value is -1.08. The van der Waals surface area contributed by atoms with Gasteiger partial charge in [-0.3, -0.25) is 14.8 Å². The molecule has 0 radical (unpaired) electrons. The average molecular weight is 273 g/mol. The largest absolute Gasteiger partial charge is 0.392 e. The lowest BCUT2D eigenvalue weighted by Crippen LogP contribution is -2.16. The molecule has 0 bridgehead atoms. The van der Waals surface area contributed by atoms with Gasteiger partial charge in [-0.2, -0.15) is 5.10 Å². The van der Waals surface area contributed by atoms with Crippen LogP contribution in [0.5, 0.6) is 0 Å². The van der Waals surface area contributed by atoms with Crippen molar-refractivity contribution in [1.82, 2.24) is 9.78 Å². The standard InChI is InChI=1S/C11H19N3O3S/c1-5-6-13-11(18-9(4)8(3)15)10(14(16)17)7(2)12-13/h8-9,15H,5-6H2,1-4H3. The maximum Gasteiger partial charge on any atom is 0.323 e. The summed E-state index contributed by atoms with van der Waals surface area (Å²) in [7, 11) is 0. The van der Waals surface area contributed by atoms with E-state index in [9.17, 15) is 15.2 Å². The van der Waals surface area contributed by atoms with E-state index in [1.54, 1.807) is 18.5 Å². The molecule has 2 atom stereocenters. The van der Waals surface area contributed by atoms with Gasteiger partial charge in [0, 0.05) is 11.8 Å². The normalized spacial score (nSPS) is 14.5. The molecular weight excluding hydrogens is 254 g/mol. The van der Waals surface area contributed by atoms with Crippen LogP contribution in [0.2, 0.25) is 0 Å². The lowest BCUT2D eigenvalue weighted by molar-refractivity contribution is -0.388. The molecule has 1 aromatic rings. The number of nitro groups is 1. The van der Waals surface area contributed by atoms with Crippen LogP contribution in [0.25, 0.3) is 0 Å². The lowest BCUT2D eigenvalue weighted by atomic mass is 10.3. The van der Waals surface area contributed by atoms with Crippen LogP contribution in [0.15, 0.2) is 5.03 Å². The van der Waals surface area contributed by atoms with Gasteiger partial charge in [0.15, 0.2) is 5.03 Å². The fourth-order valence-corrected chi connectivity index (χ4v) is 2.65. The number of rotatable bonds is 6. The Morgan fingerprint density at radius 1 is 1.56 bits per heavy atom. The third-order valence-electron chi connectivity index (χ3n) is 2.65. The monoisotopic (exact) mass is 273 g/mol. The number of thioether (sulfide) groups is 1. The van der Waals surface area contributed by atoms with Gasteiger partial charge in [0.1, 0.15) is 5.69 Å². The fourth-order valence-electron chi connectivity index (χ4n) is 1.52. The Labute approximate surface area is 111 Å². The predicted molar refractivity (Wildman–Crippen MR) is 70.9 cm³/mol. The van der Waals surface area contributed by atoms with Gasteiger partial charge in [0.25, 0.3) is 0 Å². The molecule has 18 heavy (non-hydrogen) atoms. The van der Waals surface area contributed by atoms with Gasteiger partial charge < -0.3 is 5.11 Å². The topological polar surface area (TPSA) is 81.2 Å². The molecule has 0 aliphatic rings. The first-order chi connectivity index (χ1) is 8.38. The molecule has 0 aromatic carbocycles. The van der Waals surface area contributed by atoms with E-state index in [2.05, 4.69) is 5.10 Å². The van der Waals surface area contributed by atoms with E-state index in [1.807, 2.05) is 13.8 Å². The highest BCUT2D eigenvalue weighted by molar-refractivity contribution is 8.00. The molecule has 102 valence electrons. The Morgan fingerprint density at radius 2 is 2.17 bits per heavy atom. The van der Waals surface area contributed by atoms with Crippen LogP contribution < -0.4 is 0 Å². The van der Waals surface area contributed by atoms with Gasteiger partial charge >= 0.3 is 5.69 Å². The number of aryl methyl sites for hydroxylation is 2. The molecule has 0 saturated carbocycles. The third-order valence-corrected chi connectivity index (χ3v) is 4.04. The van der Waals surface area contributed by atoms with E-state index >= 15 is 0 Å². The minimum absolute atomic E-state index is 0.0564. The van der Waals surface area contributed by atoms with E-state index in [0.29, 0.717) is 17.3 Å². The summed E-state index contributed by atoms with van der Waals surface area (Å²) >= 11 is 1.30. The third kappa shape index (κ3) is 3.23. The minimum Gasteiger partial charge on any atom is -0.392 e. The van der Waals surface area contributed by atoms with E-state index < -0.39 is 11.0 Å². The number of hydrogen-bond acceptors (Lipinski definition) is 5. The first kappa shape index (κ1) is 15.0. The summed E-state index contributed by atoms with van der Waals surface area (Å²) in [4.78, 5) is 10.7.